The predicted molar refractivity (Wildman–Crippen MR) is 99.7 cm³/mol. The Balaban J connectivity index is 2.17. The number of nitrogens with zero attached hydrogens (tertiary/aromatic N) is 1. The topological polar surface area (TPSA) is 46.6 Å². The van der Waals surface area contributed by atoms with Crippen LogP contribution in [-0.2, 0) is 14.3 Å². The van der Waals surface area contributed by atoms with Gasteiger partial charge in [-0.05, 0) is 32.8 Å². The standard InChI is InChI=1S/C21H29NO3/c1-5-6-7-11-14-18(23)21(3,4)22-15-25-16(2)19(20(22)24)17-12-9-8-10-13-17/h8-10,12-13H,5-7,11,14-15H2,1-4H3. The first kappa shape index (κ1) is 19.2. The van der Waals surface area contributed by atoms with E-state index < -0.39 is 5.54 Å². The highest BCUT2D eigenvalue weighted by Gasteiger charge is 2.41. The number of carbonyl (C=O) groups excluding carboxylic acids is 2. The van der Waals surface area contributed by atoms with Gasteiger partial charge in [0.1, 0.15) is 5.76 Å². The fourth-order valence-corrected chi connectivity index (χ4v) is 3.09. The molecule has 1 aliphatic rings. The van der Waals surface area contributed by atoms with Gasteiger partial charge in [0, 0.05) is 6.42 Å². The zero-order valence-corrected chi connectivity index (χ0v) is 15.8. The van der Waals surface area contributed by atoms with Gasteiger partial charge in [-0.25, -0.2) is 0 Å². The van der Waals surface area contributed by atoms with Crippen molar-refractivity contribution in [3.05, 3.63) is 41.7 Å². The van der Waals surface area contributed by atoms with Crippen molar-refractivity contribution >= 4 is 17.3 Å². The predicted octanol–water partition coefficient (Wildman–Crippen LogP) is 4.55. The second-order valence-corrected chi connectivity index (χ2v) is 7.10. The van der Waals surface area contributed by atoms with Crippen LogP contribution in [0.2, 0.25) is 0 Å². The monoisotopic (exact) mass is 343 g/mol. The van der Waals surface area contributed by atoms with E-state index >= 15 is 0 Å². The molecule has 1 aliphatic heterocycles. The Morgan fingerprint density at radius 3 is 2.48 bits per heavy atom. The van der Waals surface area contributed by atoms with E-state index in [1.54, 1.807) is 11.8 Å². The molecule has 0 radical (unpaired) electrons. The summed E-state index contributed by atoms with van der Waals surface area (Å²) in [4.78, 5) is 27.4. The minimum absolute atomic E-state index is 0.0903. The lowest BCUT2D eigenvalue weighted by Crippen LogP contribution is -2.55. The molecule has 0 spiro atoms. The van der Waals surface area contributed by atoms with Crippen LogP contribution in [0, 0.1) is 0 Å². The second-order valence-electron chi connectivity index (χ2n) is 7.10. The molecular formula is C21H29NO3. The zero-order valence-electron chi connectivity index (χ0n) is 15.8. The van der Waals surface area contributed by atoms with E-state index in [1.165, 1.54) is 0 Å². The van der Waals surface area contributed by atoms with E-state index in [-0.39, 0.29) is 18.4 Å². The lowest BCUT2D eigenvalue weighted by Gasteiger charge is -2.40. The van der Waals surface area contributed by atoms with Gasteiger partial charge < -0.3 is 4.74 Å². The summed E-state index contributed by atoms with van der Waals surface area (Å²) >= 11 is 0. The van der Waals surface area contributed by atoms with Crippen LogP contribution < -0.4 is 0 Å². The first-order chi connectivity index (χ1) is 11.9. The molecule has 1 aromatic carbocycles. The van der Waals surface area contributed by atoms with Crippen LogP contribution in [-0.4, -0.2) is 28.9 Å². The van der Waals surface area contributed by atoms with Crippen LogP contribution in [0.3, 0.4) is 0 Å². The number of hydrogen-bond acceptors (Lipinski definition) is 3. The molecule has 136 valence electrons. The molecule has 0 bridgehead atoms. The highest BCUT2D eigenvalue weighted by atomic mass is 16.5. The Bertz CT molecular complexity index is 646. The third-order valence-electron chi connectivity index (χ3n) is 4.90. The van der Waals surface area contributed by atoms with Crippen LogP contribution >= 0.6 is 0 Å². The van der Waals surface area contributed by atoms with Gasteiger partial charge in [-0.1, -0.05) is 56.5 Å². The molecule has 0 saturated heterocycles. The van der Waals surface area contributed by atoms with Gasteiger partial charge in [-0.3, -0.25) is 14.5 Å². The van der Waals surface area contributed by atoms with Crippen molar-refractivity contribution < 1.29 is 14.3 Å². The molecule has 25 heavy (non-hydrogen) atoms. The molecule has 0 N–H and O–H groups in total. The number of benzene rings is 1. The van der Waals surface area contributed by atoms with Gasteiger partial charge >= 0.3 is 0 Å². The molecule has 1 aromatic rings. The minimum Gasteiger partial charge on any atom is -0.477 e. The summed E-state index contributed by atoms with van der Waals surface area (Å²) in [5, 5.41) is 0. The number of allylic oxidation sites excluding steroid dienone is 1. The number of ether oxygens (including phenoxy) is 1. The highest BCUT2D eigenvalue weighted by molar-refractivity contribution is 6.21. The van der Waals surface area contributed by atoms with Crippen molar-refractivity contribution in [1.82, 2.24) is 4.90 Å². The molecule has 0 unspecified atom stereocenters. The smallest absolute Gasteiger partial charge is 0.261 e. The fraction of sp³-hybridized carbons (Fsp3) is 0.524. The lowest BCUT2D eigenvalue weighted by molar-refractivity contribution is -0.148. The Morgan fingerprint density at radius 2 is 1.84 bits per heavy atom. The Hall–Kier alpha value is -2.10. The van der Waals surface area contributed by atoms with Crippen molar-refractivity contribution in [2.24, 2.45) is 0 Å². The van der Waals surface area contributed by atoms with Crippen molar-refractivity contribution in [3.8, 4) is 0 Å². The number of hydrogen-bond donors (Lipinski definition) is 0. The number of unbranched alkanes of at least 4 members (excludes halogenated alkanes) is 3. The van der Waals surface area contributed by atoms with Gasteiger partial charge in [0.05, 0.1) is 11.1 Å². The summed E-state index contributed by atoms with van der Waals surface area (Å²) in [7, 11) is 0. The molecule has 1 amide bonds. The van der Waals surface area contributed by atoms with Crippen LogP contribution in [0.5, 0.6) is 0 Å². The molecule has 0 saturated carbocycles. The lowest BCUT2D eigenvalue weighted by atomic mass is 9.90. The second kappa shape index (κ2) is 8.32. The first-order valence-corrected chi connectivity index (χ1v) is 9.14. The van der Waals surface area contributed by atoms with Crippen LogP contribution in [0.4, 0.5) is 0 Å². The maximum atomic E-state index is 13.1. The van der Waals surface area contributed by atoms with Gasteiger partial charge in [-0.15, -0.1) is 0 Å². The summed E-state index contributed by atoms with van der Waals surface area (Å²) in [5.74, 6) is 0.563. The molecule has 4 nitrogen and oxygen atoms in total. The number of ketones is 1. The summed E-state index contributed by atoms with van der Waals surface area (Å²) in [6.45, 7) is 7.71. The Morgan fingerprint density at radius 1 is 1.16 bits per heavy atom. The summed E-state index contributed by atoms with van der Waals surface area (Å²) < 4.78 is 5.74. The van der Waals surface area contributed by atoms with Gasteiger partial charge in [0.25, 0.3) is 5.91 Å². The molecule has 1 heterocycles. The summed E-state index contributed by atoms with van der Waals surface area (Å²) in [5.41, 5.74) is 0.490. The quantitative estimate of drug-likeness (QED) is 0.650. The fourth-order valence-electron chi connectivity index (χ4n) is 3.09. The number of amides is 1. The van der Waals surface area contributed by atoms with E-state index in [9.17, 15) is 9.59 Å². The first-order valence-electron chi connectivity index (χ1n) is 9.14. The van der Waals surface area contributed by atoms with E-state index in [1.807, 2.05) is 44.2 Å². The number of carbonyl (C=O) groups is 2. The zero-order chi connectivity index (χ0) is 18.4. The largest absolute Gasteiger partial charge is 0.477 e. The Labute approximate surface area is 150 Å². The van der Waals surface area contributed by atoms with E-state index in [0.29, 0.717) is 17.8 Å². The highest BCUT2D eigenvalue weighted by Crippen LogP contribution is 2.31. The summed E-state index contributed by atoms with van der Waals surface area (Å²) in [6.07, 6.45) is 4.71. The maximum absolute atomic E-state index is 13.1. The molecule has 0 aromatic heterocycles. The Kier molecular flexibility index (Phi) is 6.40. The SMILES string of the molecule is CCCCCCC(=O)C(C)(C)N1COC(C)=C(c2ccccc2)C1=O. The van der Waals surface area contributed by atoms with Gasteiger partial charge in [0.2, 0.25) is 0 Å². The van der Waals surface area contributed by atoms with Crippen molar-refractivity contribution in [1.29, 1.82) is 0 Å². The molecule has 0 atom stereocenters. The average molecular weight is 343 g/mol. The maximum Gasteiger partial charge on any atom is 0.261 e. The van der Waals surface area contributed by atoms with Crippen molar-refractivity contribution in [3.63, 3.8) is 0 Å². The van der Waals surface area contributed by atoms with Crippen molar-refractivity contribution in [2.45, 2.75) is 65.3 Å². The average Bonchev–Trinajstić information content (AvgIpc) is 2.59. The molecule has 4 heteroatoms. The van der Waals surface area contributed by atoms with Crippen molar-refractivity contribution in [2.75, 3.05) is 6.73 Å². The normalized spacial score (nSPS) is 15.4. The van der Waals surface area contributed by atoms with Gasteiger partial charge in [-0.2, -0.15) is 0 Å². The van der Waals surface area contributed by atoms with Gasteiger partial charge in [0.15, 0.2) is 12.5 Å². The molecule has 2 rings (SSSR count). The summed E-state index contributed by atoms with van der Waals surface area (Å²) in [6, 6.07) is 9.49. The van der Waals surface area contributed by atoms with Crippen LogP contribution in [0.15, 0.2) is 36.1 Å². The molecule has 0 fully saturated rings. The molecular weight excluding hydrogens is 314 g/mol. The number of Topliss-reactive ketones (excluding diaryl/α,β-unsaturated/α-hetero) is 1. The third-order valence-corrected chi connectivity index (χ3v) is 4.90. The number of rotatable bonds is 8. The minimum atomic E-state index is -0.871. The van der Waals surface area contributed by atoms with Crippen LogP contribution in [0.1, 0.15) is 65.4 Å². The molecule has 0 aliphatic carbocycles. The third kappa shape index (κ3) is 4.30. The van der Waals surface area contributed by atoms with E-state index in [4.69, 9.17) is 4.74 Å². The van der Waals surface area contributed by atoms with E-state index in [2.05, 4.69) is 6.92 Å². The van der Waals surface area contributed by atoms with E-state index in [0.717, 1.165) is 31.2 Å². The van der Waals surface area contributed by atoms with Crippen LogP contribution in [0.25, 0.3) is 5.57 Å².